The number of nitrogens with zero attached hydrogens (tertiary/aromatic N) is 4. The quantitative estimate of drug-likeness (QED) is 0.835. The number of hydrogen-bond acceptors (Lipinski definition) is 5. The largest absolute Gasteiger partial charge is 0.378 e. The highest BCUT2D eigenvalue weighted by atomic mass is 16.5. The Kier molecular flexibility index (Phi) is 4.14. The van der Waals surface area contributed by atoms with Crippen LogP contribution in [0.25, 0.3) is 0 Å². The van der Waals surface area contributed by atoms with Crippen LogP contribution in [0.1, 0.15) is 19.3 Å². The molecule has 1 aliphatic heterocycles. The van der Waals surface area contributed by atoms with Gasteiger partial charge >= 0.3 is 0 Å². The third kappa shape index (κ3) is 3.38. The third-order valence-electron chi connectivity index (χ3n) is 3.93. The summed E-state index contributed by atoms with van der Waals surface area (Å²) in [6.45, 7) is 2.50. The van der Waals surface area contributed by atoms with Gasteiger partial charge < -0.3 is 15.0 Å². The lowest BCUT2D eigenvalue weighted by atomic mass is 9.85. The number of morpholine rings is 1. The monoisotopic (exact) mass is 293 g/mol. The Morgan fingerprint density at radius 1 is 1.33 bits per heavy atom. The number of nitrogens with one attached hydrogen (secondary N) is 1. The van der Waals surface area contributed by atoms with Crippen LogP contribution in [-0.2, 0) is 20.9 Å². The van der Waals surface area contributed by atoms with Gasteiger partial charge in [-0.2, -0.15) is 0 Å². The number of anilines is 1. The number of hydrogen-bond donors (Lipinski definition) is 1. The number of carbonyl (C=O) groups is 2. The van der Waals surface area contributed by atoms with Crippen LogP contribution in [0.5, 0.6) is 0 Å². The molecule has 1 saturated heterocycles. The molecule has 2 aliphatic rings. The van der Waals surface area contributed by atoms with E-state index in [2.05, 4.69) is 15.6 Å². The van der Waals surface area contributed by atoms with Crippen LogP contribution in [-0.4, -0.2) is 58.0 Å². The maximum Gasteiger partial charge on any atom is 0.244 e. The number of amides is 2. The van der Waals surface area contributed by atoms with E-state index in [9.17, 15) is 9.59 Å². The molecule has 1 aromatic heterocycles. The molecule has 2 heterocycles. The first-order chi connectivity index (χ1) is 10.2. The summed E-state index contributed by atoms with van der Waals surface area (Å²) in [6.07, 6.45) is 4.58. The molecule has 2 fully saturated rings. The van der Waals surface area contributed by atoms with Crippen molar-refractivity contribution in [3.63, 3.8) is 0 Å². The lowest BCUT2D eigenvalue weighted by Crippen LogP contribution is -2.42. The predicted octanol–water partition coefficient (Wildman–Crippen LogP) is -0.125. The standard InChI is InChI=1S/C13H19N5O3/c19-12(17-4-6-21-7-5-17)9-18-8-11(15-16-18)14-13(20)10-2-1-3-10/h8,10H,1-7,9H2,(H,14,20). The van der Waals surface area contributed by atoms with E-state index in [4.69, 9.17) is 4.74 Å². The van der Waals surface area contributed by atoms with Crippen molar-refractivity contribution in [2.24, 2.45) is 5.92 Å². The van der Waals surface area contributed by atoms with Crippen molar-refractivity contribution in [1.29, 1.82) is 0 Å². The van der Waals surface area contributed by atoms with Gasteiger partial charge in [-0.15, -0.1) is 5.10 Å². The summed E-state index contributed by atoms with van der Waals surface area (Å²) in [4.78, 5) is 25.6. The molecular formula is C13H19N5O3. The Hall–Kier alpha value is -1.96. The van der Waals surface area contributed by atoms with E-state index >= 15 is 0 Å². The molecule has 0 atom stereocenters. The normalized spacial score (nSPS) is 19.1. The molecule has 0 aromatic carbocycles. The first-order valence-corrected chi connectivity index (χ1v) is 7.29. The average Bonchev–Trinajstić information content (AvgIpc) is 2.84. The van der Waals surface area contributed by atoms with Gasteiger partial charge in [0.05, 0.1) is 19.4 Å². The lowest BCUT2D eigenvalue weighted by Gasteiger charge is -2.26. The van der Waals surface area contributed by atoms with Crippen LogP contribution < -0.4 is 5.32 Å². The van der Waals surface area contributed by atoms with Crippen molar-refractivity contribution >= 4 is 17.6 Å². The highest BCUT2D eigenvalue weighted by molar-refractivity contribution is 5.92. The van der Waals surface area contributed by atoms with Crippen LogP contribution in [0.4, 0.5) is 5.82 Å². The summed E-state index contributed by atoms with van der Waals surface area (Å²) in [5, 5.41) is 10.5. The molecule has 3 rings (SSSR count). The fourth-order valence-electron chi connectivity index (χ4n) is 2.38. The van der Waals surface area contributed by atoms with E-state index < -0.39 is 0 Å². The SMILES string of the molecule is O=C(Nc1cn(CC(=O)N2CCOCC2)nn1)C1CCC1. The molecular weight excluding hydrogens is 274 g/mol. The van der Waals surface area contributed by atoms with Crippen molar-refractivity contribution in [2.75, 3.05) is 31.6 Å². The second-order valence-corrected chi connectivity index (χ2v) is 5.41. The second-order valence-electron chi connectivity index (χ2n) is 5.41. The van der Waals surface area contributed by atoms with E-state index in [1.807, 2.05) is 0 Å². The Bertz CT molecular complexity index is 520. The Balaban J connectivity index is 1.52. The second kappa shape index (κ2) is 6.21. The maximum absolute atomic E-state index is 12.1. The maximum atomic E-state index is 12.1. The van der Waals surface area contributed by atoms with Crippen molar-refractivity contribution in [2.45, 2.75) is 25.8 Å². The summed E-state index contributed by atoms with van der Waals surface area (Å²) >= 11 is 0. The molecule has 1 N–H and O–H groups in total. The minimum absolute atomic E-state index is 0.00666. The molecule has 21 heavy (non-hydrogen) atoms. The summed E-state index contributed by atoms with van der Waals surface area (Å²) < 4.78 is 6.66. The molecule has 0 radical (unpaired) electrons. The van der Waals surface area contributed by atoms with Crippen LogP contribution in [0.3, 0.4) is 0 Å². The smallest absolute Gasteiger partial charge is 0.244 e. The number of ether oxygens (including phenoxy) is 1. The molecule has 1 saturated carbocycles. The summed E-state index contributed by atoms with van der Waals surface area (Å²) in [7, 11) is 0. The highest BCUT2D eigenvalue weighted by Gasteiger charge is 2.26. The van der Waals surface area contributed by atoms with Gasteiger partial charge in [-0.05, 0) is 12.8 Å². The fourth-order valence-corrected chi connectivity index (χ4v) is 2.38. The van der Waals surface area contributed by atoms with Gasteiger partial charge in [0, 0.05) is 19.0 Å². The zero-order valence-corrected chi connectivity index (χ0v) is 11.8. The number of carbonyl (C=O) groups excluding carboxylic acids is 2. The molecule has 0 bridgehead atoms. The van der Waals surface area contributed by atoms with Crippen molar-refractivity contribution < 1.29 is 14.3 Å². The summed E-state index contributed by atoms with van der Waals surface area (Å²) in [5.41, 5.74) is 0. The van der Waals surface area contributed by atoms with E-state index in [-0.39, 0.29) is 24.3 Å². The van der Waals surface area contributed by atoms with Gasteiger partial charge in [-0.3, -0.25) is 9.59 Å². The van der Waals surface area contributed by atoms with Crippen LogP contribution >= 0.6 is 0 Å². The fraction of sp³-hybridized carbons (Fsp3) is 0.692. The number of rotatable bonds is 4. The lowest BCUT2D eigenvalue weighted by molar-refractivity contribution is -0.136. The van der Waals surface area contributed by atoms with E-state index in [1.165, 1.54) is 4.68 Å². The molecule has 2 amide bonds. The predicted molar refractivity (Wildman–Crippen MR) is 73.4 cm³/mol. The molecule has 114 valence electrons. The highest BCUT2D eigenvalue weighted by Crippen LogP contribution is 2.27. The van der Waals surface area contributed by atoms with Gasteiger partial charge in [0.25, 0.3) is 0 Å². The minimum atomic E-state index is -0.0138. The Labute approximate surface area is 122 Å². The van der Waals surface area contributed by atoms with Crippen molar-refractivity contribution in [3.05, 3.63) is 6.20 Å². The number of aromatic nitrogens is 3. The molecule has 0 unspecified atom stereocenters. The van der Waals surface area contributed by atoms with Crippen LogP contribution in [0.2, 0.25) is 0 Å². The Morgan fingerprint density at radius 3 is 2.76 bits per heavy atom. The van der Waals surface area contributed by atoms with E-state index in [0.29, 0.717) is 32.1 Å². The zero-order valence-electron chi connectivity index (χ0n) is 11.8. The zero-order chi connectivity index (χ0) is 14.7. The molecule has 0 spiro atoms. The molecule has 1 aromatic rings. The first kappa shape index (κ1) is 14.0. The van der Waals surface area contributed by atoms with E-state index in [1.54, 1.807) is 11.1 Å². The summed E-state index contributed by atoms with van der Waals surface area (Å²) in [5.74, 6) is 0.486. The Morgan fingerprint density at radius 2 is 2.10 bits per heavy atom. The first-order valence-electron chi connectivity index (χ1n) is 7.29. The summed E-state index contributed by atoms with van der Waals surface area (Å²) in [6, 6.07) is 0. The minimum Gasteiger partial charge on any atom is -0.378 e. The molecule has 1 aliphatic carbocycles. The van der Waals surface area contributed by atoms with E-state index in [0.717, 1.165) is 19.3 Å². The van der Waals surface area contributed by atoms with Crippen LogP contribution in [0, 0.1) is 5.92 Å². The van der Waals surface area contributed by atoms with Crippen molar-refractivity contribution in [3.8, 4) is 0 Å². The van der Waals surface area contributed by atoms with Gasteiger partial charge in [0.1, 0.15) is 6.54 Å². The average molecular weight is 293 g/mol. The van der Waals surface area contributed by atoms with Gasteiger partial charge in [0.2, 0.25) is 11.8 Å². The van der Waals surface area contributed by atoms with Gasteiger partial charge in [-0.25, -0.2) is 4.68 Å². The molecule has 8 heteroatoms. The van der Waals surface area contributed by atoms with Gasteiger partial charge in [-0.1, -0.05) is 11.6 Å². The topological polar surface area (TPSA) is 89.4 Å². The van der Waals surface area contributed by atoms with Crippen molar-refractivity contribution in [1.82, 2.24) is 19.9 Å². The van der Waals surface area contributed by atoms with Gasteiger partial charge in [0.15, 0.2) is 5.82 Å². The third-order valence-corrected chi connectivity index (χ3v) is 3.93. The molecule has 8 nitrogen and oxygen atoms in total. The van der Waals surface area contributed by atoms with Crippen LogP contribution in [0.15, 0.2) is 6.20 Å².